The van der Waals surface area contributed by atoms with Gasteiger partial charge in [-0.05, 0) is 59.6 Å². The van der Waals surface area contributed by atoms with Crippen LogP contribution in [0.2, 0.25) is 0 Å². The number of anilines is 1. The summed E-state index contributed by atoms with van der Waals surface area (Å²) in [6.45, 7) is 6.34. The molecule has 1 heterocycles. The molecule has 1 N–H and O–H groups in total. The minimum atomic E-state index is -0.191. The highest BCUT2D eigenvalue weighted by Gasteiger charge is 2.23. The molecule has 1 aromatic rings. The minimum Gasteiger partial charge on any atom is -0.370 e. The second kappa shape index (κ2) is 5.83. The lowest BCUT2D eigenvalue weighted by atomic mass is 10.1. The molecule has 0 radical (unpaired) electrons. The lowest BCUT2D eigenvalue weighted by Gasteiger charge is -2.20. The van der Waals surface area contributed by atoms with Crippen LogP contribution >= 0.6 is 15.9 Å². The molecule has 4 heteroatoms. The van der Waals surface area contributed by atoms with Crippen LogP contribution in [0.4, 0.5) is 10.1 Å². The Labute approximate surface area is 110 Å². The predicted octanol–water partition coefficient (Wildman–Crippen LogP) is 3.02. The van der Waals surface area contributed by atoms with Gasteiger partial charge in [0.2, 0.25) is 0 Å². The van der Waals surface area contributed by atoms with Crippen LogP contribution < -0.4 is 10.2 Å². The van der Waals surface area contributed by atoms with E-state index in [0.29, 0.717) is 5.92 Å². The van der Waals surface area contributed by atoms with Crippen LogP contribution in [0, 0.1) is 11.7 Å². The second-order valence-corrected chi connectivity index (χ2v) is 5.36. The summed E-state index contributed by atoms with van der Waals surface area (Å²) in [6, 6.07) is 4.92. The van der Waals surface area contributed by atoms with Crippen LogP contribution in [0.1, 0.15) is 13.3 Å². The van der Waals surface area contributed by atoms with Gasteiger partial charge in [0.05, 0.1) is 5.69 Å². The van der Waals surface area contributed by atoms with E-state index < -0.39 is 0 Å². The molecule has 0 aliphatic carbocycles. The maximum atomic E-state index is 13.0. The molecule has 1 aromatic carbocycles. The summed E-state index contributed by atoms with van der Waals surface area (Å²) >= 11 is 3.43. The van der Waals surface area contributed by atoms with Gasteiger partial charge in [-0.3, -0.25) is 0 Å². The third-order valence-corrected chi connectivity index (χ3v) is 3.85. The molecule has 94 valence electrons. The fourth-order valence-electron chi connectivity index (χ4n) is 2.30. The first-order chi connectivity index (χ1) is 8.20. The fraction of sp³-hybridized carbons (Fsp3) is 0.538. The first kappa shape index (κ1) is 12.8. The molecule has 1 fully saturated rings. The molecular formula is C13H18BrFN2. The van der Waals surface area contributed by atoms with E-state index in [9.17, 15) is 4.39 Å². The molecule has 17 heavy (non-hydrogen) atoms. The van der Waals surface area contributed by atoms with Crippen molar-refractivity contribution in [2.24, 2.45) is 5.92 Å². The number of nitrogens with zero attached hydrogens (tertiary/aromatic N) is 1. The molecule has 0 aromatic heterocycles. The van der Waals surface area contributed by atoms with Crippen molar-refractivity contribution in [3.63, 3.8) is 0 Å². The van der Waals surface area contributed by atoms with Crippen molar-refractivity contribution in [3.8, 4) is 0 Å². The van der Waals surface area contributed by atoms with Gasteiger partial charge in [-0.1, -0.05) is 6.92 Å². The number of benzene rings is 1. The summed E-state index contributed by atoms with van der Waals surface area (Å²) in [4.78, 5) is 2.32. The average Bonchev–Trinajstić information content (AvgIpc) is 2.75. The molecule has 0 amide bonds. The molecule has 2 nitrogen and oxygen atoms in total. The van der Waals surface area contributed by atoms with Crippen molar-refractivity contribution in [1.82, 2.24) is 5.32 Å². The normalized spacial score (nSPS) is 19.9. The minimum absolute atomic E-state index is 0.191. The number of halogens is 2. The summed E-state index contributed by atoms with van der Waals surface area (Å²) in [7, 11) is 0. The largest absolute Gasteiger partial charge is 0.370 e. The van der Waals surface area contributed by atoms with Crippen molar-refractivity contribution < 1.29 is 4.39 Å². The van der Waals surface area contributed by atoms with Gasteiger partial charge in [0.25, 0.3) is 0 Å². The standard InChI is InChI=1S/C13H18BrFN2/c1-2-16-8-10-5-6-17(9-10)13-4-3-11(15)7-12(13)14/h3-4,7,10,16H,2,5-6,8-9H2,1H3. The van der Waals surface area contributed by atoms with Crippen LogP contribution in [-0.4, -0.2) is 26.2 Å². The molecular weight excluding hydrogens is 283 g/mol. The monoisotopic (exact) mass is 300 g/mol. The number of hydrogen-bond acceptors (Lipinski definition) is 2. The van der Waals surface area contributed by atoms with Crippen LogP contribution in [-0.2, 0) is 0 Å². The molecule has 0 bridgehead atoms. The van der Waals surface area contributed by atoms with E-state index in [4.69, 9.17) is 0 Å². The van der Waals surface area contributed by atoms with E-state index in [-0.39, 0.29) is 5.82 Å². The Balaban J connectivity index is 2.00. The molecule has 1 aliphatic heterocycles. The number of nitrogens with one attached hydrogen (secondary N) is 1. The lowest BCUT2D eigenvalue weighted by molar-refractivity contribution is 0.528. The molecule has 0 saturated carbocycles. The SMILES string of the molecule is CCNCC1CCN(c2ccc(F)cc2Br)C1. The van der Waals surface area contributed by atoms with Crippen molar-refractivity contribution in [3.05, 3.63) is 28.5 Å². The topological polar surface area (TPSA) is 15.3 Å². The van der Waals surface area contributed by atoms with Gasteiger partial charge in [-0.2, -0.15) is 0 Å². The summed E-state index contributed by atoms with van der Waals surface area (Å²) < 4.78 is 13.9. The van der Waals surface area contributed by atoms with Gasteiger partial charge in [0, 0.05) is 17.6 Å². The highest BCUT2D eigenvalue weighted by molar-refractivity contribution is 9.10. The average molecular weight is 301 g/mol. The zero-order valence-corrected chi connectivity index (χ0v) is 11.6. The van der Waals surface area contributed by atoms with Gasteiger partial charge < -0.3 is 10.2 Å². The summed E-state index contributed by atoms with van der Waals surface area (Å²) in [5, 5.41) is 3.39. The van der Waals surface area contributed by atoms with Crippen molar-refractivity contribution in [2.45, 2.75) is 13.3 Å². The van der Waals surface area contributed by atoms with Crippen molar-refractivity contribution in [2.75, 3.05) is 31.1 Å². The van der Waals surface area contributed by atoms with Crippen molar-refractivity contribution >= 4 is 21.6 Å². The fourth-order valence-corrected chi connectivity index (χ4v) is 2.91. The van der Waals surface area contributed by atoms with Crippen molar-refractivity contribution in [1.29, 1.82) is 0 Å². The Morgan fingerprint density at radius 3 is 3.06 bits per heavy atom. The Hall–Kier alpha value is -0.610. The van der Waals surface area contributed by atoms with E-state index in [0.717, 1.165) is 36.3 Å². The summed E-state index contributed by atoms with van der Waals surface area (Å²) in [5.74, 6) is 0.510. The molecule has 2 rings (SSSR count). The van der Waals surface area contributed by atoms with Gasteiger partial charge in [0.1, 0.15) is 5.82 Å². The van der Waals surface area contributed by atoms with Crippen LogP contribution in [0.25, 0.3) is 0 Å². The maximum absolute atomic E-state index is 13.0. The van der Waals surface area contributed by atoms with Crippen LogP contribution in [0.3, 0.4) is 0 Å². The predicted molar refractivity (Wildman–Crippen MR) is 73.0 cm³/mol. The van der Waals surface area contributed by atoms with Gasteiger partial charge in [0.15, 0.2) is 0 Å². The smallest absolute Gasteiger partial charge is 0.124 e. The third kappa shape index (κ3) is 3.19. The van der Waals surface area contributed by atoms with Crippen LogP contribution in [0.15, 0.2) is 22.7 Å². The number of hydrogen-bond donors (Lipinski definition) is 1. The molecule has 1 saturated heterocycles. The zero-order chi connectivity index (χ0) is 12.3. The van der Waals surface area contributed by atoms with Gasteiger partial charge in [-0.15, -0.1) is 0 Å². The Kier molecular flexibility index (Phi) is 4.40. The molecule has 1 atom stereocenters. The Bertz CT molecular complexity index is 384. The second-order valence-electron chi connectivity index (χ2n) is 4.50. The zero-order valence-electron chi connectivity index (χ0n) is 10.0. The van der Waals surface area contributed by atoms with Gasteiger partial charge in [-0.25, -0.2) is 4.39 Å². The summed E-state index contributed by atoms with van der Waals surface area (Å²) in [5.41, 5.74) is 1.10. The molecule has 0 spiro atoms. The lowest BCUT2D eigenvalue weighted by Crippen LogP contribution is -2.26. The molecule has 1 aliphatic rings. The highest BCUT2D eigenvalue weighted by atomic mass is 79.9. The first-order valence-electron chi connectivity index (χ1n) is 6.11. The highest BCUT2D eigenvalue weighted by Crippen LogP contribution is 2.31. The van der Waals surface area contributed by atoms with E-state index in [2.05, 4.69) is 33.1 Å². The van der Waals surface area contributed by atoms with E-state index >= 15 is 0 Å². The molecule has 1 unspecified atom stereocenters. The van der Waals surface area contributed by atoms with E-state index in [1.165, 1.54) is 18.6 Å². The summed E-state index contributed by atoms with van der Waals surface area (Å²) in [6.07, 6.45) is 1.21. The Morgan fingerprint density at radius 1 is 1.53 bits per heavy atom. The quantitative estimate of drug-likeness (QED) is 0.919. The van der Waals surface area contributed by atoms with Gasteiger partial charge >= 0.3 is 0 Å². The Morgan fingerprint density at radius 2 is 2.35 bits per heavy atom. The van der Waals surface area contributed by atoms with E-state index in [1.807, 2.05) is 6.07 Å². The first-order valence-corrected chi connectivity index (χ1v) is 6.90. The van der Waals surface area contributed by atoms with E-state index in [1.54, 1.807) is 0 Å². The maximum Gasteiger partial charge on any atom is 0.124 e. The van der Waals surface area contributed by atoms with Crippen LogP contribution in [0.5, 0.6) is 0 Å². The third-order valence-electron chi connectivity index (χ3n) is 3.22. The number of rotatable bonds is 4.